The Morgan fingerprint density at radius 3 is 2.74 bits per heavy atom. The van der Waals surface area contributed by atoms with Crippen molar-refractivity contribution in [3.8, 4) is 28.9 Å². The molecule has 0 N–H and O–H groups in total. The van der Waals surface area contributed by atoms with Crippen molar-refractivity contribution < 1.29 is 27.5 Å². The second-order valence-electron chi connectivity index (χ2n) is 5.93. The topological polar surface area (TPSA) is 92.4 Å². The lowest BCUT2D eigenvalue weighted by Gasteiger charge is -2.32. The summed E-state index contributed by atoms with van der Waals surface area (Å²) in [7, 11) is 0. The zero-order chi connectivity index (χ0) is 18.9. The van der Waals surface area contributed by atoms with Crippen molar-refractivity contribution in [1.29, 1.82) is 0 Å². The predicted octanol–water partition coefficient (Wildman–Crippen LogP) is 2.86. The molecule has 0 saturated carbocycles. The van der Waals surface area contributed by atoms with E-state index in [1.807, 2.05) is 12.1 Å². The van der Waals surface area contributed by atoms with Crippen LogP contribution < -0.4 is 14.2 Å². The van der Waals surface area contributed by atoms with E-state index in [0.717, 1.165) is 0 Å². The largest absolute Gasteiger partial charge is 0.485 e. The van der Waals surface area contributed by atoms with Gasteiger partial charge in [0.15, 0.2) is 18.1 Å². The van der Waals surface area contributed by atoms with E-state index in [0.29, 0.717) is 17.2 Å². The first-order valence-corrected chi connectivity index (χ1v) is 8.02. The van der Waals surface area contributed by atoms with Crippen LogP contribution in [0.4, 0.5) is 8.78 Å². The van der Waals surface area contributed by atoms with Crippen LogP contribution in [0.25, 0.3) is 11.5 Å². The molecule has 0 fully saturated rings. The third kappa shape index (κ3) is 3.50. The molecule has 1 unspecified atom stereocenters. The zero-order valence-electron chi connectivity index (χ0n) is 14.1. The smallest absolute Gasteiger partial charge is 0.274 e. The molecule has 3 aromatic rings. The number of fused-ring (bicyclic) bond motifs is 1. The third-order valence-corrected chi connectivity index (χ3v) is 3.78. The van der Waals surface area contributed by atoms with E-state index in [-0.39, 0.29) is 24.2 Å². The Morgan fingerprint density at radius 2 is 2.00 bits per heavy atom. The first-order valence-electron chi connectivity index (χ1n) is 8.02. The lowest BCUT2D eigenvalue weighted by molar-refractivity contribution is -0.0213. The maximum Gasteiger partial charge on any atom is 0.274 e. The summed E-state index contributed by atoms with van der Waals surface area (Å²) in [5.41, 5.74) is -0.664. The quantitative estimate of drug-likeness (QED) is 0.671. The van der Waals surface area contributed by atoms with E-state index in [9.17, 15) is 8.78 Å². The molecule has 2 aromatic heterocycles. The van der Waals surface area contributed by atoms with Crippen molar-refractivity contribution in [2.45, 2.75) is 19.0 Å². The van der Waals surface area contributed by atoms with Crippen LogP contribution in [0, 0.1) is 0 Å². The molecule has 0 aliphatic carbocycles. The fourth-order valence-electron chi connectivity index (χ4n) is 2.44. The van der Waals surface area contributed by atoms with Crippen molar-refractivity contribution in [3.63, 3.8) is 0 Å². The number of halogens is 2. The molecule has 3 heterocycles. The van der Waals surface area contributed by atoms with Crippen LogP contribution in [-0.4, -0.2) is 39.7 Å². The maximum absolute atomic E-state index is 12.1. The summed E-state index contributed by atoms with van der Waals surface area (Å²) < 4.78 is 46.1. The number of ether oxygens (including phenoxy) is 3. The van der Waals surface area contributed by atoms with E-state index < -0.39 is 18.6 Å². The number of rotatable bonds is 5. The Labute approximate surface area is 152 Å². The first kappa shape index (κ1) is 17.1. The number of aromatic nitrogens is 4. The summed E-state index contributed by atoms with van der Waals surface area (Å²) in [6.45, 7) is 1.21. The van der Waals surface area contributed by atoms with Gasteiger partial charge in [-0.25, -0.2) is 18.7 Å². The minimum absolute atomic E-state index is 0.0182. The molecular weight excluding hydrogens is 362 g/mol. The van der Waals surface area contributed by atoms with Crippen LogP contribution in [0.3, 0.4) is 0 Å². The number of para-hydroxylation sites is 2. The first-order chi connectivity index (χ1) is 13.0. The van der Waals surface area contributed by atoms with Crippen molar-refractivity contribution in [3.05, 3.63) is 42.5 Å². The van der Waals surface area contributed by atoms with Crippen molar-refractivity contribution in [1.82, 2.24) is 20.1 Å². The molecular formula is C17H14F2N4O4. The molecule has 0 saturated heterocycles. The van der Waals surface area contributed by atoms with Gasteiger partial charge in [-0.2, -0.15) is 4.98 Å². The molecule has 1 aliphatic heterocycles. The van der Waals surface area contributed by atoms with Crippen LogP contribution >= 0.6 is 0 Å². The molecule has 10 heteroatoms. The number of benzene rings is 1. The molecule has 0 amide bonds. The van der Waals surface area contributed by atoms with Gasteiger partial charge in [0.1, 0.15) is 12.3 Å². The van der Waals surface area contributed by atoms with E-state index in [1.54, 1.807) is 19.1 Å². The highest BCUT2D eigenvalue weighted by Crippen LogP contribution is 2.39. The fraction of sp³-hybridized carbons (Fsp3) is 0.294. The summed E-state index contributed by atoms with van der Waals surface area (Å²) in [5, 5.41) is 3.88. The van der Waals surface area contributed by atoms with Gasteiger partial charge in [-0.15, -0.1) is 0 Å². The van der Waals surface area contributed by atoms with E-state index in [4.69, 9.17) is 18.7 Å². The Hall–Kier alpha value is -3.30. The van der Waals surface area contributed by atoms with Gasteiger partial charge < -0.3 is 18.7 Å². The lowest BCUT2D eigenvalue weighted by atomic mass is 10.1. The minimum Gasteiger partial charge on any atom is -0.485 e. The van der Waals surface area contributed by atoms with Gasteiger partial charge in [0.05, 0.1) is 12.4 Å². The Bertz CT molecular complexity index is 935. The molecule has 0 radical (unpaired) electrons. The fourth-order valence-corrected chi connectivity index (χ4v) is 2.44. The SMILES string of the molecule is CC1(c2nc(-c3cnc(OCC(F)F)cn3)no2)COc2ccccc2O1. The molecule has 8 nitrogen and oxygen atoms in total. The second-order valence-corrected chi connectivity index (χ2v) is 5.93. The van der Waals surface area contributed by atoms with Crippen LogP contribution in [0.2, 0.25) is 0 Å². The highest BCUT2D eigenvalue weighted by molar-refractivity contribution is 5.47. The summed E-state index contributed by atoms with van der Waals surface area (Å²) in [5.74, 6) is 1.59. The number of hydrogen-bond donors (Lipinski definition) is 0. The molecule has 1 aromatic carbocycles. The minimum atomic E-state index is -2.59. The third-order valence-electron chi connectivity index (χ3n) is 3.78. The molecule has 0 spiro atoms. The molecule has 140 valence electrons. The van der Waals surface area contributed by atoms with Crippen LogP contribution in [0.15, 0.2) is 41.2 Å². The Morgan fingerprint density at radius 1 is 1.19 bits per heavy atom. The van der Waals surface area contributed by atoms with Crippen molar-refractivity contribution in [2.75, 3.05) is 13.2 Å². The van der Waals surface area contributed by atoms with Crippen LogP contribution in [0.5, 0.6) is 17.4 Å². The van der Waals surface area contributed by atoms with Gasteiger partial charge in [0, 0.05) is 0 Å². The normalized spacial score (nSPS) is 18.5. The van der Waals surface area contributed by atoms with Gasteiger partial charge in [-0.05, 0) is 19.1 Å². The standard InChI is InChI=1S/C17H14F2N4O4/c1-17(9-25-11-4-2-3-5-12(11)26-17)16-22-15(23-27-16)10-6-21-14(7-20-10)24-8-13(18)19/h2-7,13H,8-9H2,1H3. The van der Waals surface area contributed by atoms with E-state index >= 15 is 0 Å². The zero-order valence-corrected chi connectivity index (χ0v) is 14.1. The average molecular weight is 376 g/mol. The number of alkyl halides is 2. The maximum atomic E-state index is 12.1. The summed E-state index contributed by atoms with van der Waals surface area (Å²) in [6.07, 6.45) is -0.0631. The molecule has 1 atom stereocenters. The highest BCUT2D eigenvalue weighted by Gasteiger charge is 2.40. The average Bonchev–Trinajstić information content (AvgIpc) is 3.18. The van der Waals surface area contributed by atoms with Gasteiger partial charge in [-0.3, -0.25) is 0 Å². The summed E-state index contributed by atoms with van der Waals surface area (Å²) in [4.78, 5) is 12.3. The van der Waals surface area contributed by atoms with Crippen LogP contribution in [-0.2, 0) is 5.60 Å². The predicted molar refractivity (Wildman–Crippen MR) is 86.7 cm³/mol. The van der Waals surface area contributed by atoms with Crippen LogP contribution in [0.1, 0.15) is 12.8 Å². The van der Waals surface area contributed by atoms with E-state index in [2.05, 4.69) is 20.1 Å². The van der Waals surface area contributed by atoms with Crippen molar-refractivity contribution in [2.24, 2.45) is 0 Å². The van der Waals surface area contributed by atoms with E-state index in [1.165, 1.54) is 12.4 Å². The van der Waals surface area contributed by atoms with Gasteiger partial charge >= 0.3 is 0 Å². The van der Waals surface area contributed by atoms with Gasteiger partial charge in [0.25, 0.3) is 12.3 Å². The van der Waals surface area contributed by atoms with Gasteiger partial charge in [-0.1, -0.05) is 17.3 Å². The second kappa shape index (κ2) is 6.78. The molecule has 4 rings (SSSR count). The molecule has 27 heavy (non-hydrogen) atoms. The van der Waals surface area contributed by atoms with Gasteiger partial charge in [0.2, 0.25) is 17.3 Å². The van der Waals surface area contributed by atoms with Crippen molar-refractivity contribution >= 4 is 0 Å². The number of nitrogens with zero attached hydrogens (tertiary/aromatic N) is 4. The summed E-state index contributed by atoms with van der Waals surface area (Å²) in [6, 6.07) is 7.28. The number of hydrogen-bond acceptors (Lipinski definition) is 8. The lowest BCUT2D eigenvalue weighted by Crippen LogP contribution is -2.39. The Balaban J connectivity index is 1.52. The molecule has 0 bridgehead atoms. The highest BCUT2D eigenvalue weighted by atomic mass is 19.3. The molecule has 1 aliphatic rings. The monoisotopic (exact) mass is 376 g/mol. The Kier molecular flexibility index (Phi) is 4.30. The summed E-state index contributed by atoms with van der Waals surface area (Å²) >= 11 is 0.